The monoisotopic (exact) mass is 223 g/mol. The maximum atomic E-state index is 11.4. The van der Waals surface area contributed by atoms with E-state index in [1.807, 2.05) is 43.2 Å². The van der Waals surface area contributed by atoms with Crippen molar-refractivity contribution in [3.63, 3.8) is 0 Å². The molecular weight excluding hydrogens is 202 g/mol. The lowest BCUT2D eigenvalue weighted by molar-refractivity contribution is -0.121. The molecule has 0 radical (unpaired) electrons. The van der Waals surface area contributed by atoms with E-state index in [1.165, 1.54) is 0 Å². The summed E-state index contributed by atoms with van der Waals surface area (Å²) in [6.07, 6.45) is 5.50. The van der Waals surface area contributed by atoms with Crippen LogP contribution in [0.3, 0.4) is 0 Å². The minimum Gasteiger partial charge on any atom is -0.356 e. The Kier molecular flexibility index (Phi) is 5.64. The predicted octanol–water partition coefficient (Wildman–Crippen LogP) is 0.946. The molecule has 0 fully saturated rings. The fourth-order valence-electron chi connectivity index (χ4n) is 1.46. The molecule has 0 aromatic carbocycles. The van der Waals surface area contributed by atoms with Crippen molar-refractivity contribution >= 4 is 5.91 Å². The summed E-state index contributed by atoms with van der Waals surface area (Å²) in [5.41, 5.74) is 0. The predicted molar refractivity (Wildman–Crippen MR) is 65.2 cm³/mol. The highest BCUT2D eigenvalue weighted by molar-refractivity contribution is 5.75. The smallest absolute Gasteiger partial charge is 0.221 e. The Bertz CT molecular complexity index is 293. The maximum absolute atomic E-state index is 11.4. The van der Waals surface area contributed by atoms with E-state index in [-0.39, 0.29) is 5.91 Å². The first-order chi connectivity index (χ1) is 7.68. The highest BCUT2D eigenvalue weighted by atomic mass is 16.1. The standard InChI is InChI=1S/C12H21N3O/c1-14(2)8-5-7-13-12(16)6-11-15-9-3-4-10-15/h3-4,9-10H,5-8,11H2,1-2H3,(H,13,16). The van der Waals surface area contributed by atoms with Gasteiger partial charge >= 0.3 is 0 Å². The van der Waals surface area contributed by atoms with Crippen LogP contribution in [0.15, 0.2) is 24.5 Å². The normalized spacial score (nSPS) is 10.7. The lowest BCUT2D eigenvalue weighted by atomic mass is 10.3. The second kappa shape index (κ2) is 7.06. The Morgan fingerprint density at radius 1 is 1.31 bits per heavy atom. The molecule has 0 saturated carbocycles. The third-order valence-corrected chi connectivity index (χ3v) is 2.37. The van der Waals surface area contributed by atoms with Crippen molar-refractivity contribution in [3.05, 3.63) is 24.5 Å². The third kappa shape index (κ3) is 5.56. The average molecular weight is 223 g/mol. The number of nitrogens with one attached hydrogen (secondary N) is 1. The summed E-state index contributed by atoms with van der Waals surface area (Å²) in [7, 11) is 4.07. The summed E-state index contributed by atoms with van der Waals surface area (Å²) in [5.74, 6) is 0.132. The van der Waals surface area contributed by atoms with Gasteiger partial charge in [0.1, 0.15) is 0 Å². The number of aromatic nitrogens is 1. The minimum absolute atomic E-state index is 0.132. The summed E-state index contributed by atoms with van der Waals surface area (Å²) in [4.78, 5) is 13.6. The lowest BCUT2D eigenvalue weighted by Crippen LogP contribution is -2.27. The molecule has 4 heteroatoms. The van der Waals surface area contributed by atoms with Gasteiger partial charge in [-0.25, -0.2) is 0 Å². The first-order valence-electron chi connectivity index (χ1n) is 5.70. The van der Waals surface area contributed by atoms with E-state index in [2.05, 4.69) is 10.2 Å². The Balaban J connectivity index is 2.03. The zero-order valence-corrected chi connectivity index (χ0v) is 10.1. The Labute approximate surface area is 97.2 Å². The van der Waals surface area contributed by atoms with Crippen LogP contribution in [0.25, 0.3) is 0 Å². The minimum atomic E-state index is 0.132. The second-order valence-corrected chi connectivity index (χ2v) is 4.18. The van der Waals surface area contributed by atoms with Gasteiger partial charge in [-0.1, -0.05) is 0 Å². The van der Waals surface area contributed by atoms with Crippen LogP contribution >= 0.6 is 0 Å². The summed E-state index contributed by atoms with van der Waals surface area (Å²) in [5, 5.41) is 2.92. The Morgan fingerprint density at radius 2 is 2.00 bits per heavy atom. The molecule has 1 amide bonds. The van der Waals surface area contributed by atoms with E-state index in [1.54, 1.807) is 0 Å². The van der Waals surface area contributed by atoms with Gasteiger partial charge in [0, 0.05) is 31.9 Å². The van der Waals surface area contributed by atoms with Gasteiger partial charge in [-0.3, -0.25) is 4.79 Å². The Hall–Kier alpha value is -1.29. The van der Waals surface area contributed by atoms with Crippen LogP contribution in [0, 0.1) is 0 Å². The van der Waals surface area contributed by atoms with Crippen LogP contribution < -0.4 is 5.32 Å². The fourth-order valence-corrected chi connectivity index (χ4v) is 1.46. The van der Waals surface area contributed by atoms with E-state index in [0.29, 0.717) is 6.42 Å². The highest BCUT2D eigenvalue weighted by Crippen LogP contribution is 1.93. The molecule has 1 aromatic rings. The molecule has 0 aliphatic rings. The highest BCUT2D eigenvalue weighted by Gasteiger charge is 2.00. The Morgan fingerprint density at radius 3 is 2.62 bits per heavy atom. The van der Waals surface area contributed by atoms with Crippen molar-refractivity contribution in [2.24, 2.45) is 0 Å². The number of rotatable bonds is 7. The number of hydrogen-bond donors (Lipinski definition) is 1. The van der Waals surface area contributed by atoms with Crippen LogP contribution in [-0.2, 0) is 11.3 Å². The summed E-state index contributed by atoms with van der Waals surface area (Å²) >= 11 is 0. The van der Waals surface area contributed by atoms with E-state index in [0.717, 1.165) is 26.1 Å². The number of amides is 1. The zero-order valence-electron chi connectivity index (χ0n) is 10.1. The van der Waals surface area contributed by atoms with Crippen LogP contribution in [-0.4, -0.2) is 42.6 Å². The van der Waals surface area contributed by atoms with Gasteiger partial charge in [-0.2, -0.15) is 0 Å². The summed E-state index contributed by atoms with van der Waals surface area (Å²) in [6, 6.07) is 3.93. The van der Waals surface area contributed by atoms with Crippen molar-refractivity contribution in [1.82, 2.24) is 14.8 Å². The van der Waals surface area contributed by atoms with Crippen molar-refractivity contribution in [2.45, 2.75) is 19.4 Å². The van der Waals surface area contributed by atoms with Gasteiger partial charge in [0.25, 0.3) is 0 Å². The molecule has 4 nitrogen and oxygen atoms in total. The molecule has 1 heterocycles. The van der Waals surface area contributed by atoms with Crippen molar-refractivity contribution in [3.8, 4) is 0 Å². The van der Waals surface area contributed by atoms with Crippen LogP contribution in [0.4, 0.5) is 0 Å². The first kappa shape index (κ1) is 12.8. The van der Waals surface area contributed by atoms with Crippen LogP contribution in [0.2, 0.25) is 0 Å². The molecule has 90 valence electrons. The molecule has 16 heavy (non-hydrogen) atoms. The first-order valence-corrected chi connectivity index (χ1v) is 5.70. The SMILES string of the molecule is CN(C)CCCNC(=O)CCn1cccc1. The van der Waals surface area contributed by atoms with Gasteiger partial charge in [0.15, 0.2) is 0 Å². The topological polar surface area (TPSA) is 37.3 Å². The van der Waals surface area contributed by atoms with Crippen molar-refractivity contribution in [2.75, 3.05) is 27.2 Å². The molecule has 0 atom stereocenters. The fraction of sp³-hybridized carbons (Fsp3) is 0.583. The molecular formula is C12H21N3O. The molecule has 1 N–H and O–H groups in total. The van der Waals surface area contributed by atoms with Crippen LogP contribution in [0.1, 0.15) is 12.8 Å². The summed E-state index contributed by atoms with van der Waals surface area (Å²) < 4.78 is 2.01. The number of hydrogen-bond acceptors (Lipinski definition) is 2. The molecule has 0 saturated heterocycles. The molecule has 0 aliphatic heterocycles. The molecule has 0 spiro atoms. The lowest BCUT2D eigenvalue weighted by Gasteiger charge is -2.10. The molecule has 0 bridgehead atoms. The van der Waals surface area contributed by atoms with E-state index < -0.39 is 0 Å². The maximum Gasteiger partial charge on any atom is 0.221 e. The molecule has 1 aromatic heterocycles. The zero-order chi connectivity index (χ0) is 11.8. The van der Waals surface area contributed by atoms with Crippen LogP contribution in [0.5, 0.6) is 0 Å². The van der Waals surface area contributed by atoms with Gasteiger partial charge in [0.2, 0.25) is 5.91 Å². The van der Waals surface area contributed by atoms with Crippen molar-refractivity contribution < 1.29 is 4.79 Å². The molecule has 0 aliphatic carbocycles. The van der Waals surface area contributed by atoms with Gasteiger partial charge < -0.3 is 14.8 Å². The van der Waals surface area contributed by atoms with Crippen molar-refractivity contribution in [1.29, 1.82) is 0 Å². The second-order valence-electron chi connectivity index (χ2n) is 4.18. The molecule has 0 unspecified atom stereocenters. The number of aryl methyl sites for hydroxylation is 1. The molecule has 1 rings (SSSR count). The van der Waals surface area contributed by atoms with E-state index >= 15 is 0 Å². The quantitative estimate of drug-likeness (QED) is 0.699. The summed E-state index contributed by atoms with van der Waals surface area (Å²) in [6.45, 7) is 2.53. The number of carbonyl (C=O) groups excluding carboxylic acids is 1. The number of carbonyl (C=O) groups is 1. The van der Waals surface area contributed by atoms with Gasteiger partial charge in [-0.15, -0.1) is 0 Å². The largest absolute Gasteiger partial charge is 0.356 e. The third-order valence-electron chi connectivity index (χ3n) is 2.37. The van der Waals surface area contributed by atoms with Gasteiger partial charge in [0.05, 0.1) is 0 Å². The van der Waals surface area contributed by atoms with E-state index in [4.69, 9.17) is 0 Å². The average Bonchev–Trinajstić information content (AvgIpc) is 2.74. The van der Waals surface area contributed by atoms with E-state index in [9.17, 15) is 4.79 Å². The number of nitrogens with zero attached hydrogens (tertiary/aromatic N) is 2. The van der Waals surface area contributed by atoms with Gasteiger partial charge in [-0.05, 0) is 39.2 Å².